The zero-order valence-corrected chi connectivity index (χ0v) is 9.60. The van der Waals surface area contributed by atoms with Gasteiger partial charge >= 0.3 is 0 Å². The first-order chi connectivity index (χ1) is 9.15. The maximum Gasteiger partial charge on any atom is 0.278 e. The highest BCUT2D eigenvalue weighted by Crippen LogP contribution is 2.12. The van der Waals surface area contributed by atoms with Gasteiger partial charge in [-0.2, -0.15) is 10.2 Å². The lowest BCUT2D eigenvalue weighted by Crippen LogP contribution is -2.10. The minimum atomic E-state index is -0.376. The molecule has 94 valence electrons. The second-order valence-electron chi connectivity index (χ2n) is 3.89. The summed E-state index contributed by atoms with van der Waals surface area (Å²) in [4.78, 5) is 24.9. The van der Waals surface area contributed by atoms with E-state index in [9.17, 15) is 4.79 Å². The normalized spacial score (nSPS) is 10.7. The number of nitrogens with one attached hydrogen (secondary N) is 2. The molecule has 19 heavy (non-hydrogen) atoms. The Hall–Kier alpha value is -3.08. The predicted molar refractivity (Wildman–Crippen MR) is 65.2 cm³/mol. The van der Waals surface area contributed by atoms with E-state index in [2.05, 4.69) is 19.9 Å². The molecule has 0 radical (unpaired) electrons. The molecule has 3 aromatic heterocycles. The van der Waals surface area contributed by atoms with Crippen molar-refractivity contribution in [3.63, 3.8) is 0 Å². The first-order valence-electron chi connectivity index (χ1n) is 5.39. The number of nitrogens with two attached hydrogens (primary N) is 1. The number of hydrogen-bond donors (Lipinski definition) is 3. The largest absolute Gasteiger partial charge is 0.450 e. The van der Waals surface area contributed by atoms with E-state index in [1.54, 1.807) is 12.1 Å². The second kappa shape index (κ2) is 3.99. The van der Waals surface area contributed by atoms with Crippen LogP contribution in [0, 0.1) is 11.3 Å². The van der Waals surface area contributed by atoms with Crippen molar-refractivity contribution in [1.29, 1.82) is 5.26 Å². The van der Waals surface area contributed by atoms with Crippen LogP contribution in [0.15, 0.2) is 21.3 Å². The van der Waals surface area contributed by atoms with Crippen LogP contribution in [0.2, 0.25) is 0 Å². The van der Waals surface area contributed by atoms with Crippen molar-refractivity contribution in [3.8, 4) is 6.07 Å². The number of nitriles is 1. The average Bonchev–Trinajstić information content (AvgIpc) is 2.96. The number of imidazole rings is 1. The maximum atomic E-state index is 11.6. The molecule has 0 aromatic carbocycles. The summed E-state index contributed by atoms with van der Waals surface area (Å²) < 4.78 is 5.23. The Labute approximate surface area is 105 Å². The molecular formula is C11H8N6O2. The number of aromatic nitrogens is 4. The minimum absolute atomic E-state index is 0.0142. The third kappa shape index (κ3) is 1.93. The SMILES string of the molecule is N#Cc1ccc(Cc2nc3nc(N)[nH]c(=O)c3[nH]2)o1. The summed E-state index contributed by atoms with van der Waals surface area (Å²) in [6.07, 6.45) is 0.331. The molecule has 8 heteroatoms. The van der Waals surface area contributed by atoms with Gasteiger partial charge in [0.05, 0.1) is 6.42 Å². The highest BCUT2D eigenvalue weighted by molar-refractivity contribution is 5.70. The fourth-order valence-corrected chi connectivity index (χ4v) is 1.75. The summed E-state index contributed by atoms with van der Waals surface area (Å²) in [6.45, 7) is 0. The van der Waals surface area contributed by atoms with Gasteiger partial charge in [-0.3, -0.25) is 9.78 Å². The van der Waals surface area contributed by atoms with E-state index in [0.717, 1.165) is 0 Å². The van der Waals surface area contributed by atoms with Crippen LogP contribution >= 0.6 is 0 Å². The van der Waals surface area contributed by atoms with E-state index in [4.69, 9.17) is 15.4 Å². The topological polar surface area (TPSA) is 137 Å². The van der Waals surface area contributed by atoms with E-state index >= 15 is 0 Å². The Bertz CT molecular complexity index is 850. The molecule has 0 amide bonds. The molecule has 0 fully saturated rings. The van der Waals surface area contributed by atoms with E-state index < -0.39 is 0 Å². The van der Waals surface area contributed by atoms with Crippen LogP contribution in [0.5, 0.6) is 0 Å². The Morgan fingerprint density at radius 2 is 2.21 bits per heavy atom. The zero-order chi connectivity index (χ0) is 13.4. The average molecular weight is 256 g/mol. The van der Waals surface area contributed by atoms with Gasteiger partial charge in [-0.1, -0.05) is 0 Å². The van der Waals surface area contributed by atoms with Crippen molar-refractivity contribution in [1.82, 2.24) is 19.9 Å². The summed E-state index contributed by atoms with van der Waals surface area (Å²) in [5.41, 5.74) is 5.57. The van der Waals surface area contributed by atoms with Gasteiger partial charge in [0.15, 0.2) is 11.2 Å². The lowest BCUT2D eigenvalue weighted by atomic mass is 10.3. The molecule has 0 bridgehead atoms. The third-order valence-electron chi connectivity index (χ3n) is 2.54. The van der Waals surface area contributed by atoms with E-state index in [0.29, 0.717) is 18.0 Å². The molecule has 8 nitrogen and oxygen atoms in total. The van der Waals surface area contributed by atoms with Gasteiger partial charge in [0.1, 0.15) is 17.7 Å². The summed E-state index contributed by atoms with van der Waals surface area (Å²) >= 11 is 0. The molecule has 0 saturated heterocycles. The summed E-state index contributed by atoms with van der Waals surface area (Å²) in [5.74, 6) is 1.32. The van der Waals surface area contributed by atoms with Crippen LogP contribution in [0.3, 0.4) is 0 Å². The molecule has 0 saturated carbocycles. The first kappa shape index (κ1) is 11.0. The van der Waals surface area contributed by atoms with Gasteiger partial charge in [-0.05, 0) is 12.1 Å². The van der Waals surface area contributed by atoms with E-state index in [-0.39, 0.29) is 28.4 Å². The number of rotatable bonds is 2. The fraction of sp³-hybridized carbons (Fsp3) is 0.0909. The van der Waals surface area contributed by atoms with E-state index in [1.807, 2.05) is 6.07 Å². The van der Waals surface area contributed by atoms with Crippen molar-refractivity contribution in [2.75, 3.05) is 5.73 Å². The molecule has 0 unspecified atom stereocenters. The molecular weight excluding hydrogens is 248 g/mol. The fourth-order valence-electron chi connectivity index (χ4n) is 1.75. The Morgan fingerprint density at radius 3 is 2.95 bits per heavy atom. The molecule has 4 N–H and O–H groups in total. The van der Waals surface area contributed by atoms with Crippen LogP contribution in [0.4, 0.5) is 5.95 Å². The molecule has 0 aliphatic carbocycles. The number of H-pyrrole nitrogens is 2. The number of nitrogens with zero attached hydrogens (tertiary/aromatic N) is 3. The van der Waals surface area contributed by atoms with Crippen LogP contribution < -0.4 is 11.3 Å². The Morgan fingerprint density at radius 1 is 1.37 bits per heavy atom. The van der Waals surface area contributed by atoms with Gasteiger partial charge in [0.25, 0.3) is 5.56 Å². The maximum absolute atomic E-state index is 11.6. The smallest absolute Gasteiger partial charge is 0.278 e. The van der Waals surface area contributed by atoms with Gasteiger partial charge in [0, 0.05) is 0 Å². The third-order valence-corrected chi connectivity index (χ3v) is 2.54. The van der Waals surface area contributed by atoms with Crippen LogP contribution in [0.25, 0.3) is 11.2 Å². The molecule has 0 aliphatic rings. The standard InChI is InChI=1S/C11H8N6O2/c12-4-6-2-1-5(19-6)3-7-14-8-9(15-7)16-11(13)17-10(8)18/h1-2H,3H2,(H4,13,14,15,16,17,18). The Balaban J connectivity index is 2.00. The lowest BCUT2D eigenvalue weighted by Gasteiger charge is -1.90. The van der Waals surface area contributed by atoms with Crippen molar-refractivity contribution in [2.24, 2.45) is 0 Å². The number of hydrogen-bond acceptors (Lipinski definition) is 6. The molecule has 3 aromatic rings. The summed E-state index contributed by atoms with van der Waals surface area (Å²) in [6, 6.07) is 5.14. The Kier molecular flexibility index (Phi) is 2.32. The quantitative estimate of drug-likeness (QED) is 0.602. The van der Waals surface area contributed by atoms with E-state index in [1.165, 1.54) is 0 Å². The summed E-state index contributed by atoms with van der Waals surface area (Å²) in [7, 11) is 0. The van der Waals surface area contributed by atoms with Gasteiger partial charge in [0.2, 0.25) is 11.7 Å². The van der Waals surface area contributed by atoms with Crippen LogP contribution in [-0.2, 0) is 6.42 Å². The molecule has 0 atom stereocenters. The molecule has 3 heterocycles. The predicted octanol–water partition coefficient (Wildman–Crippen LogP) is 0.284. The van der Waals surface area contributed by atoms with Crippen LogP contribution in [0.1, 0.15) is 17.3 Å². The lowest BCUT2D eigenvalue weighted by molar-refractivity contribution is 0.506. The zero-order valence-electron chi connectivity index (χ0n) is 9.60. The van der Waals surface area contributed by atoms with Gasteiger partial charge in [-0.15, -0.1) is 0 Å². The molecule has 0 spiro atoms. The minimum Gasteiger partial charge on any atom is -0.450 e. The van der Waals surface area contributed by atoms with Gasteiger partial charge < -0.3 is 15.1 Å². The number of aromatic amines is 2. The van der Waals surface area contributed by atoms with Crippen LogP contribution in [-0.4, -0.2) is 19.9 Å². The number of furan rings is 1. The first-order valence-corrected chi connectivity index (χ1v) is 5.39. The molecule has 0 aliphatic heterocycles. The highest BCUT2D eigenvalue weighted by atomic mass is 16.3. The molecule has 3 rings (SSSR count). The van der Waals surface area contributed by atoms with Crippen molar-refractivity contribution >= 4 is 17.1 Å². The highest BCUT2D eigenvalue weighted by Gasteiger charge is 2.11. The van der Waals surface area contributed by atoms with Gasteiger partial charge in [-0.25, -0.2) is 4.98 Å². The summed E-state index contributed by atoms with van der Waals surface area (Å²) in [5, 5.41) is 8.66. The monoisotopic (exact) mass is 256 g/mol. The number of anilines is 1. The second-order valence-corrected chi connectivity index (χ2v) is 3.89. The van der Waals surface area contributed by atoms with Crippen molar-refractivity contribution in [3.05, 3.63) is 39.8 Å². The van der Waals surface area contributed by atoms with Crippen molar-refractivity contribution in [2.45, 2.75) is 6.42 Å². The van der Waals surface area contributed by atoms with Crippen molar-refractivity contribution < 1.29 is 4.42 Å². The number of nitrogen functional groups attached to an aromatic ring is 1. The number of fused-ring (bicyclic) bond motifs is 1.